The van der Waals surface area contributed by atoms with Gasteiger partial charge in [-0.1, -0.05) is 13.8 Å². The molecular formula is C13H23N5O. The van der Waals surface area contributed by atoms with Gasteiger partial charge in [0.2, 0.25) is 0 Å². The van der Waals surface area contributed by atoms with Crippen LogP contribution in [0.15, 0.2) is 6.07 Å². The Hall–Kier alpha value is -1.40. The summed E-state index contributed by atoms with van der Waals surface area (Å²) < 4.78 is 5.55. The fourth-order valence-electron chi connectivity index (χ4n) is 2.21. The molecule has 2 heterocycles. The Morgan fingerprint density at radius 2 is 2.16 bits per heavy atom. The second kappa shape index (κ2) is 5.30. The van der Waals surface area contributed by atoms with Crippen LogP contribution in [0.1, 0.15) is 39.4 Å². The van der Waals surface area contributed by atoms with E-state index < -0.39 is 0 Å². The van der Waals surface area contributed by atoms with Gasteiger partial charge in [0.25, 0.3) is 0 Å². The minimum Gasteiger partial charge on any atom is -0.377 e. The van der Waals surface area contributed by atoms with Crippen LogP contribution in [0.4, 0.5) is 11.6 Å². The van der Waals surface area contributed by atoms with Gasteiger partial charge in [-0.3, -0.25) is 0 Å². The van der Waals surface area contributed by atoms with E-state index in [9.17, 15) is 0 Å². The lowest BCUT2D eigenvalue weighted by molar-refractivity contribution is 0.0639. The Morgan fingerprint density at radius 3 is 2.74 bits per heavy atom. The number of nitrogen functional groups attached to an aromatic ring is 1. The van der Waals surface area contributed by atoms with E-state index >= 15 is 0 Å². The van der Waals surface area contributed by atoms with E-state index in [1.54, 1.807) is 0 Å². The van der Waals surface area contributed by atoms with Crippen molar-refractivity contribution in [3.05, 3.63) is 11.9 Å². The number of nitrogens with zero attached hydrogens (tertiary/aromatic N) is 3. The number of morpholine rings is 1. The number of nitrogens with two attached hydrogens (primary N) is 1. The van der Waals surface area contributed by atoms with Crippen LogP contribution >= 0.6 is 0 Å². The second-order valence-corrected chi connectivity index (χ2v) is 5.79. The standard InChI is InChI=1S/C13H23N5O/c1-9(2)12-15-10(17-14)7-11(16-12)18-5-6-19-8-13(18,3)4/h7,9H,5-6,8,14H2,1-4H3,(H,15,16,17). The molecule has 0 aliphatic carbocycles. The second-order valence-electron chi connectivity index (χ2n) is 5.79. The molecule has 2 rings (SSSR count). The van der Waals surface area contributed by atoms with Crippen molar-refractivity contribution in [2.45, 2.75) is 39.2 Å². The van der Waals surface area contributed by atoms with Gasteiger partial charge >= 0.3 is 0 Å². The highest BCUT2D eigenvalue weighted by atomic mass is 16.5. The van der Waals surface area contributed by atoms with Crippen molar-refractivity contribution in [2.24, 2.45) is 5.84 Å². The van der Waals surface area contributed by atoms with Gasteiger partial charge in [0.1, 0.15) is 17.5 Å². The number of nitrogens with one attached hydrogen (secondary N) is 1. The van der Waals surface area contributed by atoms with Gasteiger partial charge < -0.3 is 15.1 Å². The third-order valence-electron chi connectivity index (χ3n) is 3.32. The zero-order valence-electron chi connectivity index (χ0n) is 12.1. The van der Waals surface area contributed by atoms with Crippen LogP contribution < -0.4 is 16.2 Å². The molecule has 0 amide bonds. The molecule has 6 nitrogen and oxygen atoms in total. The average molecular weight is 265 g/mol. The van der Waals surface area contributed by atoms with E-state index in [2.05, 4.69) is 48.0 Å². The summed E-state index contributed by atoms with van der Waals surface area (Å²) in [6, 6.07) is 1.89. The molecule has 1 aliphatic heterocycles. The van der Waals surface area contributed by atoms with Crippen molar-refractivity contribution in [3.8, 4) is 0 Å². The molecule has 19 heavy (non-hydrogen) atoms. The summed E-state index contributed by atoms with van der Waals surface area (Å²) in [5.74, 6) is 8.11. The highest BCUT2D eigenvalue weighted by molar-refractivity contribution is 5.51. The third kappa shape index (κ3) is 2.96. The van der Waals surface area contributed by atoms with Gasteiger partial charge in [-0.25, -0.2) is 15.8 Å². The van der Waals surface area contributed by atoms with E-state index in [0.29, 0.717) is 12.4 Å². The lowest BCUT2D eigenvalue weighted by atomic mass is 10.0. The summed E-state index contributed by atoms with van der Waals surface area (Å²) in [5.41, 5.74) is 2.54. The molecular weight excluding hydrogens is 242 g/mol. The first kappa shape index (κ1) is 14.0. The van der Waals surface area contributed by atoms with E-state index in [4.69, 9.17) is 10.6 Å². The Bertz CT molecular complexity index is 447. The number of ether oxygens (including phenoxy) is 1. The highest BCUT2D eigenvalue weighted by Gasteiger charge is 2.32. The van der Waals surface area contributed by atoms with Crippen molar-refractivity contribution in [2.75, 3.05) is 30.1 Å². The maximum Gasteiger partial charge on any atom is 0.145 e. The first-order valence-corrected chi connectivity index (χ1v) is 6.65. The molecule has 106 valence electrons. The molecule has 6 heteroatoms. The number of aromatic nitrogens is 2. The van der Waals surface area contributed by atoms with Crippen molar-refractivity contribution >= 4 is 11.6 Å². The van der Waals surface area contributed by atoms with Crippen LogP contribution in [0, 0.1) is 0 Å². The number of hydrogen-bond donors (Lipinski definition) is 2. The van der Waals surface area contributed by atoms with Crippen molar-refractivity contribution < 1.29 is 4.74 Å². The molecule has 0 saturated carbocycles. The van der Waals surface area contributed by atoms with Crippen LogP contribution in [0.3, 0.4) is 0 Å². The number of hydrogen-bond acceptors (Lipinski definition) is 6. The topological polar surface area (TPSA) is 76.3 Å². The Morgan fingerprint density at radius 1 is 1.42 bits per heavy atom. The van der Waals surface area contributed by atoms with Crippen molar-refractivity contribution in [3.63, 3.8) is 0 Å². The summed E-state index contributed by atoms with van der Waals surface area (Å²) in [5, 5.41) is 0. The largest absolute Gasteiger partial charge is 0.377 e. The summed E-state index contributed by atoms with van der Waals surface area (Å²) in [6.45, 7) is 10.7. The van der Waals surface area contributed by atoms with Gasteiger partial charge in [-0.2, -0.15) is 0 Å². The fourth-order valence-corrected chi connectivity index (χ4v) is 2.21. The van der Waals surface area contributed by atoms with E-state index in [1.165, 1.54) is 0 Å². The SMILES string of the molecule is CC(C)c1nc(NN)cc(N2CCOCC2(C)C)n1. The quantitative estimate of drug-likeness (QED) is 0.637. The summed E-state index contributed by atoms with van der Waals surface area (Å²) in [4.78, 5) is 11.3. The van der Waals surface area contributed by atoms with E-state index in [1.807, 2.05) is 6.07 Å². The molecule has 1 aromatic rings. The maximum absolute atomic E-state index is 5.55. The third-order valence-corrected chi connectivity index (χ3v) is 3.32. The maximum atomic E-state index is 5.55. The molecule has 0 radical (unpaired) electrons. The minimum atomic E-state index is -0.0767. The van der Waals surface area contributed by atoms with Crippen LogP contribution in [-0.4, -0.2) is 35.3 Å². The number of anilines is 2. The molecule has 0 aromatic carbocycles. The minimum absolute atomic E-state index is 0.0767. The van der Waals surface area contributed by atoms with E-state index in [-0.39, 0.29) is 11.5 Å². The Kier molecular flexibility index (Phi) is 3.91. The summed E-state index contributed by atoms with van der Waals surface area (Å²) >= 11 is 0. The van der Waals surface area contributed by atoms with Crippen molar-refractivity contribution in [1.29, 1.82) is 0 Å². The summed E-state index contributed by atoms with van der Waals surface area (Å²) in [7, 11) is 0. The highest BCUT2D eigenvalue weighted by Crippen LogP contribution is 2.27. The van der Waals surface area contributed by atoms with Crippen LogP contribution in [-0.2, 0) is 4.74 Å². The number of rotatable bonds is 3. The molecule has 0 unspecified atom stereocenters. The Labute approximate surface area is 114 Å². The molecule has 0 atom stereocenters. The van der Waals surface area contributed by atoms with Gasteiger partial charge in [-0.05, 0) is 13.8 Å². The molecule has 0 bridgehead atoms. The lowest BCUT2D eigenvalue weighted by Crippen LogP contribution is -2.53. The van der Waals surface area contributed by atoms with E-state index in [0.717, 1.165) is 24.8 Å². The zero-order valence-corrected chi connectivity index (χ0v) is 12.1. The molecule has 3 N–H and O–H groups in total. The smallest absolute Gasteiger partial charge is 0.145 e. The normalized spacial score (nSPS) is 18.7. The molecule has 1 fully saturated rings. The van der Waals surface area contributed by atoms with Gasteiger partial charge in [-0.15, -0.1) is 0 Å². The van der Waals surface area contributed by atoms with Crippen LogP contribution in [0.2, 0.25) is 0 Å². The zero-order chi connectivity index (χ0) is 14.0. The molecule has 1 aromatic heterocycles. The molecule has 0 spiro atoms. The van der Waals surface area contributed by atoms with Gasteiger partial charge in [0, 0.05) is 18.5 Å². The molecule has 1 aliphatic rings. The fraction of sp³-hybridized carbons (Fsp3) is 0.692. The number of hydrazine groups is 1. The van der Waals surface area contributed by atoms with Crippen molar-refractivity contribution in [1.82, 2.24) is 9.97 Å². The van der Waals surface area contributed by atoms with Crippen LogP contribution in [0.5, 0.6) is 0 Å². The monoisotopic (exact) mass is 265 g/mol. The predicted molar refractivity (Wildman–Crippen MR) is 76.2 cm³/mol. The first-order valence-electron chi connectivity index (χ1n) is 6.65. The van der Waals surface area contributed by atoms with Gasteiger partial charge in [0.15, 0.2) is 0 Å². The Balaban J connectivity index is 2.40. The molecule has 1 saturated heterocycles. The summed E-state index contributed by atoms with van der Waals surface area (Å²) in [6.07, 6.45) is 0. The lowest BCUT2D eigenvalue weighted by Gasteiger charge is -2.43. The average Bonchev–Trinajstić information content (AvgIpc) is 2.37. The predicted octanol–water partition coefficient (Wildman–Crippen LogP) is 1.50. The van der Waals surface area contributed by atoms with Crippen LogP contribution in [0.25, 0.3) is 0 Å². The van der Waals surface area contributed by atoms with Gasteiger partial charge in [0.05, 0.1) is 18.8 Å². The first-order chi connectivity index (χ1) is 8.94.